The van der Waals surface area contributed by atoms with E-state index in [4.69, 9.17) is 4.74 Å². The van der Waals surface area contributed by atoms with Crippen molar-refractivity contribution in [2.45, 2.75) is 43.5 Å². The molecule has 0 saturated heterocycles. The van der Waals surface area contributed by atoms with Crippen molar-refractivity contribution in [3.8, 4) is 0 Å². The number of halogens is 1. The summed E-state index contributed by atoms with van der Waals surface area (Å²) in [5.74, 6) is -0.175. The van der Waals surface area contributed by atoms with Gasteiger partial charge in [0, 0.05) is 12.6 Å². The van der Waals surface area contributed by atoms with Crippen LogP contribution in [0.25, 0.3) is 0 Å². The number of rotatable bonds is 5. The van der Waals surface area contributed by atoms with Gasteiger partial charge in [-0.25, -0.2) is 0 Å². The summed E-state index contributed by atoms with van der Waals surface area (Å²) in [6.07, 6.45) is 5.20. The van der Waals surface area contributed by atoms with Crippen LogP contribution in [-0.2, 0) is 9.53 Å². The second-order valence-corrected chi connectivity index (χ2v) is 5.12. The molecule has 0 aromatic rings. The van der Waals surface area contributed by atoms with Gasteiger partial charge in [-0.2, -0.15) is 0 Å². The van der Waals surface area contributed by atoms with Gasteiger partial charge < -0.3 is 4.74 Å². The molecule has 1 aliphatic carbocycles. The van der Waals surface area contributed by atoms with Crippen molar-refractivity contribution in [3.63, 3.8) is 0 Å². The molecule has 1 atom stereocenters. The van der Waals surface area contributed by atoms with E-state index in [1.807, 2.05) is 0 Å². The third kappa shape index (κ3) is 3.76. The second-order valence-electron chi connectivity index (χ2n) is 4.02. The van der Waals surface area contributed by atoms with Crippen LogP contribution in [0.4, 0.5) is 0 Å². The van der Waals surface area contributed by atoms with Crippen molar-refractivity contribution in [1.29, 1.82) is 0 Å². The maximum atomic E-state index is 11.3. The van der Waals surface area contributed by atoms with Gasteiger partial charge in [-0.05, 0) is 19.4 Å². The van der Waals surface area contributed by atoms with Gasteiger partial charge in [-0.1, -0.05) is 35.7 Å². The quantitative estimate of drug-likeness (QED) is 0.570. The van der Waals surface area contributed by atoms with Crippen LogP contribution in [-0.4, -0.2) is 41.9 Å². The van der Waals surface area contributed by atoms with Crippen LogP contribution in [0.1, 0.15) is 32.6 Å². The van der Waals surface area contributed by atoms with Crippen LogP contribution in [0.15, 0.2) is 0 Å². The van der Waals surface area contributed by atoms with Crippen LogP contribution >= 0.6 is 15.9 Å². The largest absolute Gasteiger partial charge is 0.468 e. The Labute approximate surface area is 100 Å². The van der Waals surface area contributed by atoms with Crippen LogP contribution < -0.4 is 0 Å². The van der Waals surface area contributed by atoms with Gasteiger partial charge in [0.05, 0.1) is 7.11 Å². The van der Waals surface area contributed by atoms with Crippen molar-refractivity contribution in [2.75, 3.05) is 20.2 Å². The maximum absolute atomic E-state index is 11.3. The van der Waals surface area contributed by atoms with Crippen molar-refractivity contribution in [3.05, 3.63) is 0 Å². The molecular weight excluding hydrogens is 258 g/mol. The molecule has 4 heteroatoms. The van der Waals surface area contributed by atoms with Crippen molar-refractivity contribution in [2.24, 2.45) is 0 Å². The van der Waals surface area contributed by atoms with Crippen LogP contribution in [0.3, 0.4) is 0 Å². The van der Waals surface area contributed by atoms with E-state index in [-0.39, 0.29) is 10.8 Å². The van der Waals surface area contributed by atoms with Gasteiger partial charge in [0.15, 0.2) is 0 Å². The van der Waals surface area contributed by atoms with E-state index in [9.17, 15) is 4.79 Å². The molecule has 15 heavy (non-hydrogen) atoms. The van der Waals surface area contributed by atoms with Gasteiger partial charge in [-0.15, -0.1) is 0 Å². The summed E-state index contributed by atoms with van der Waals surface area (Å²) in [6, 6.07) is 0.666. The van der Waals surface area contributed by atoms with Crippen LogP contribution in [0.5, 0.6) is 0 Å². The van der Waals surface area contributed by atoms with E-state index in [1.165, 1.54) is 32.8 Å². The van der Waals surface area contributed by atoms with Gasteiger partial charge in [0.2, 0.25) is 0 Å². The zero-order chi connectivity index (χ0) is 11.3. The summed E-state index contributed by atoms with van der Waals surface area (Å²) >= 11 is 3.38. The van der Waals surface area contributed by atoms with Crippen LogP contribution in [0, 0.1) is 0 Å². The molecule has 0 spiro atoms. The fourth-order valence-corrected chi connectivity index (χ4v) is 2.77. The summed E-state index contributed by atoms with van der Waals surface area (Å²) < 4.78 is 4.71. The zero-order valence-corrected chi connectivity index (χ0v) is 11.1. The lowest BCUT2D eigenvalue weighted by molar-refractivity contribution is -0.140. The fourth-order valence-electron chi connectivity index (χ4n) is 2.21. The molecule has 0 aromatic carbocycles. The van der Waals surface area contributed by atoms with Gasteiger partial charge in [0.1, 0.15) is 4.83 Å². The van der Waals surface area contributed by atoms with Gasteiger partial charge in [-0.3, -0.25) is 9.69 Å². The predicted octanol–water partition coefficient (Wildman–Crippen LogP) is 2.19. The van der Waals surface area contributed by atoms with Crippen molar-refractivity contribution < 1.29 is 9.53 Å². The molecule has 0 aromatic heterocycles. The molecule has 0 radical (unpaired) electrons. The summed E-state index contributed by atoms with van der Waals surface area (Å²) in [5, 5.41) is 0. The van der Waals surface area contributed by atoms with E-state index in [1.54, 1.807) is 0 Å². The fraction of sp³-hybridized carbons (Fsp3) is 0.909. The Bertz CT molecular complexity index is 205. The SMILES string of the molecule is CCN(CC(Br)C(=O)OC)C1CCCC1. The number of nitrogens with zero attached hydrogens (tertiary/aromatic N) is 1. The highest BCUT2D eigenvalue weighted by Gasteiger charge is 2.25. The number of carbonyl (C=O) groups is 1. The lowest BCUT2D eigenvalue weighted by Gasteiger charge is -2.28. The summed E-state index contributed by atoms with van der Waals surface area (Å²) in [7, 11) is 1.43. The first-order chi connectivity index (χ1) is 7.19. The molecule has 1 aliphatic rings. The highest BCUT2D eigenvalue weighted by Crippen LogP contribution is 2.24. The van der Waals surface area contributed by atoms with E-state index in [2.05, 4.69) is 27.8 Å². The number of carbonyl (C=O) groups excluding carboxylic acids is 1. The summed E-state index contributed by atoms with van der Waals surface area (Å²) in [6.45, 7) is 3.91. The van der Waals surface area contributed by atoms with Crippen LogP contribution in [0.2, 0.25) is 0 Å². The standard InChI is InChI=1S/C11H20BrNO2/c1-3-13(9-6-4-5-7-9)8-10(12)11(14)15-2/h9-10H,3-8H2,1-2H3. The molecule has 0 aliphatic heterocycles. The third-order valence-corrected chi connectivity index (χ3v) is 3.76. The second kappa shape index (κ2) is 6.48. The minimum absolute atomic E-state index is 0.175. The predicted molar refractivity (Wildman–Crippen MR) is 64.2 cm³/mol. The normalized spacial score (nSPS) is 19.5. The molecule has 0 bridgehead atoms. The van der Waals surface area contributed by atoms with Crippen molar-refractivity contribution in [1.82, 2.24) is 4.90 Å². The highest BCUT2D eigenvalue weighted by molar-refractivity contribution is 9.10. The molecule has 1 unspecified atom stereocenters. The maximum Gasteiger partial charge on any atom is 0.320 e. The Morgan fingerprint density at radius 2 is 2.13 bits per heavy atom. The minimum Gasteiger partial charge on any atom is -0.468 e. The Kier molecular flexibility index (Phi) is 5.61. The molecule has 0 amide bonds. The number of ether oxygens (including phenoxy) is 1. The topological polar surface area (TPSA) is 29.5 Å². The van der Waals surface area contributed by atoms with E-state index >= 15 is 0 Å². The van der Waals surface area contributed by atoms with E-state index in [0.29, 0.717) is 6.04 Å². The molecule has 0 N–H and O–H groups in total. The first kappa shape index (κ1) is 13.0. The number of esters is 1. The highest BCUT2D eigenvalue weighted by atomic mass is 79.9. The Hall–Kier alpha value is -0.0900. The Morgan fingerprint density at radius 3 is 2.60 bits per heavy atom. The zero-order valence-electron chi connectivity index (χ0n) is 9.54. The molecule has 1 fully saturated rings. The summed E-state index contributed by atoms with van der Waals surface area (Å²) in [4.78, 5) is 13.5. The average molecular weight is 278 g/mol. The molecule has 1 saturated carbocycles. The van der Waals surface area contributed by atoms with Gasteiger partial charge in [0.25, 0.3) is 0 Å². The number of hydrogen-bond acceptors (Lipinski definition) is 3. The average Bonchev–Trinajstić information content (AvgIpc) is 2.77. The third-order valence-electron chi connectivity index (χ3n) is 3.10. The molecular formula is C11H20BrNO2. The van der Waals surface area contributed by atoms with E-state index in [0.717, 1.165) is 13.1 Å². The molecule has 1 rings (SSSR count). The number of alkyl halides is 1. The smallest absolute Gasteiger partial charge is 0.320 e. The summed E-state index contributed by atoms with van der Waals surface area (Å²) in [5.41, 5.74) is 0. The van der Waals surface area contributed by atoms with Gasteiger partial charge >= 0.3 is 5.97 Å². The Balaban J connectivity index is 2.41. The van der Waals surface area contributed by atoms with Crippen molar-refractivity contribution >= 4 is 21.9 Å². The first-order valence-corrected chi connectivity index (χ1v) is 6.56. The lowest BCUT2D eigenvalue weighted by Crippen LogP contribution is -2.40. The Morgan fingerprint density at radius 1 is 1.53 bits per heavy atom. The van der Waals surface area contributed by atoms with E-state index < -0.39 is 0 Å². The molecule has 88 valence electrons. The monoisotopic (exact) mass is 277 g/mol. The minimum atomic E-state index is -0.192. The molecule has 3 nitrogen and oxygen atoms in total. The molecule has 0 heterocycles. The number of hydrogen-bond donors (Lipinski definition) is 0. The first-order valence-electron chi connectivity index (χ1n) is 5.65. The number of methoxy groups -OCH3 is 1. The lowest BCUT2D eigenvalue weighted by atomic mass is 10.2.